The van der Waals surface area contributed by atoms with E-state index < -0.39 is 0 Å². The number of hydrogen-bond acceptors (Lipinski definition) is 4. The molecule has 4 nitrogen and oxygen atoms in total. The molecule has 0 aliphatic heterocycles. The normalized spacial score (nSPS) is 10.1. The molecule has 1 aromatic carbocycles. The molecule has 0 bridgehead atoms. The van der Waals surface area contributed by atoms with Crippen molar-refractivity contribution in [3.05, 3.63) is 47.2 Å². The first kappa shape index (κ1) is 13.5. The predicted octanol–water partition coefficient (Wildman–Crippen LogP) is 3.33. The minimum absolute atomic E-state index is 0.289. The molecule has 2 rings (SSSR count). The van der Waals surface area contributed by atoms with Gasteiger partial charge in [-0.25, -0.2) is 4.98 Å². The largest absolute Gasteiger partial charge is 0.493 e. The van der Waals surface area contributed by atoms with E-state index in [0.717, 1.165) is 5.69 Å². The molecular weight excluding hydrogens is 266 g/mol. The molecule has 0 radical (unpaired) electrons. The number of pyridine rings is 1. The molecule has 5 heteroatoms. The van der Waals surface area contributed by atoms with Crippen LogP contribution in [0.1, 0.15) is 5.69 Å². The molecule has 0 spiro atoms. The molecule has 19 heavy (non-hydrogen) atoms. The summed E-state index contributed by atoms with van der Waals surface area (Å²) in [6, 6.07) is 10.8. The summed E-state index contributed by atoms with van der Waals surface area (Å²) in [7, 11) is 3.17. The van der Waals surface area contributed by atoms with Crippen molar-refractivity contribution in [1.82, 2.24) is 4.98 Å². The molecule has 0 unspecified atom stereocenters. The van der Waals surface area contributed by atoms with Crippen molar-refractivity contribution in [1.29, 1.82) is 0 Å². The molecule has 0 N–H and O–H groups in total. The molecule has 0 aliphatic rings. The Kier molecular flexibility index (Phi) is 4.47. The fraction of sp³-hybridized carbons (Fsp3) is 0.214. The Bertz CT molecular complexity index is 538. The summed E-state index contributed by atoms with van der Waals surface area (Å²) in [5, 5.41) is 0.438. The number of nitrogens with zero attached hydrogens (tertiary/aromatic N) is 1. The van der Waals surface area contributed by atoms with E-state index in [9.17, 15) is 0 Å². The summed E-state index contributed by atoms with van der Waals surface area (Å²) in [4.78, 5) is 4.16. The lowest BCUT2D eigenvalue weighted by Gasteiger charge is -2.13. The van der Waals surface area contributed by atoms with Crippen LogP contribution in [0.3, 0.4) is 0 Å². The molecule has 0 aliphatic carbocycles. The Morgan fingerprint density at radius 1 is 1.00 bits per heavy atom. The van der Waals surface area contributed by atoms with Crippen LogP contribution in [0.4, 0.5) is 0 Å². The van der Waals surface area contributed by atoms with Crippen molar-refractivity contribution in [2.75, 3.05) is 14.2 Å². The standard InChI is InChI=1S/C14H14ClNO3/c1-17-11-6-4-7-12(18-2)14(11)19-9-10-5-3-8-13(15)16-10/h3-8H,9H2,1-2H3. The number of methoxy groups -OCH3 is 2. The molecule has 0 saturated carbocycles. The maximum atomic E-state index is 5.83. The average molecular weight is 280 g/mol. The molecule has 0 saturated heterocycles. The van der Waals surface area contributed by atoms with Crippen molar-refractivity contribution >= 4 is 11.6 Å². The van der Waals surface area contributed by atoms with Crippen LogP contribution in [-0.2, 0) is 6.61 Å². The van der Waals surface area contributed by atoms with E-state index in [4.69, 9.17) is 25.8 Å². The van der Waals surface area contributed by atoms with Gasteiger partial charge in [0.2, 0.25) is 5.75 Å². The summed E-state index contributed by atoms with van der Waals surface area (Å²) >= 11 is 5.83. The van der Waals surface area contributed by atoms with Crippen LogP contribution in [-0.4, -0.2) is 19.2 Å². The number of aromatic nitrogens is 1. The molecule has 1 aromatic heterocycles. The zero-order valence-electron chi connectivity index (χ0n) is 10.7. The number of ether oxygens (including phenoxy) is 3. The SMILES string of the molecule is COc1cccc(OC)c1OCc1cccc(Cl)n1. The second-order valence-electron chi connectivity index (χ2n) is 3.73. The van der Waals surface area contributed by atoms with Crippen LogP contribution in [0, 0.1) is 0 Å². The van der Waals surface area contributed by atoms with Gasteiger partial charge in [-0.3, -0.25) is 0 Å². The van der Waals surface area contributed by atoms with Crippen molar-refractivity contribution in [3.63, 3.8) is 0 Å². The minimum Gasteiger partial charge on any atom is -0.493 e. The first-order valence-electron chi connectivity index (χ1n) is 5.70. The van der Waals surface area contributed by atoms with Crippen molar-refractivity contribution in [2.45, 2.75) is 6.61 Å². The van der Waals surface area contributed by atoms with Crippen molar-refractivity contribution in [3.8, 4) is 17.2 Å². The quantitative estimate of drug-likeness (QED) is 0.787. The van der Waals surface area contributed by atoms with Gasteiger partial charge in [-0.05, 0) is 24.3 Å². The first-order chi connectivity index (χ1) is 9.24. The Balaban J connectivity index is 2.19. The van der Waals surface area contributed by atoms with Crippen LogP contribution in [0.2, 0.25) is 5.15 Å². The smallest absolute Gasteiger partial charge is 0.203 e. The summed E-state index contributed by atoms with van der Waals surface area (Å²) in [6.45, 7) is 0.289. The maximum Gasteiger partial charge on any atom is 0.203 e. The number of hydrogen-bond donors (Lipinski definition) is 0. The van der Waals surface area contributed by atoms with Gasteiger partial charge in [-0.1, -0.05) is 23.7 Å². The summed E-state index contributed by atoms with van der Waals surface area (Å²) in [5.41, 5.74) is 0.737. The van der Waals surface area contributed by atoms with Crippen LogP contribution < -0.4 is 14.2 Å². The predicted molar refractivity (Wildman–Crippen MR) is 73.1 cm³/mol. The van der Waals surface area contributed by atoms with Gasteiger partial charge < -0.3 is 14.2 Å². The second-order valence-corrected chi connectivity index (χ2v) is 4.12. The molecule has 0 amide bonds. The number of halogens is 1. The second kappa shape index (κ2) is 6.29. The lowest BCUT2D eigenvalue weighted by atomic mass is 10.3. The van der Waals surface area contributed by atoms with E-state index in [1.54, 1.807) is 20.3 Å². The highest BCUT2D eigenvalue weighted by atomic mass is 35.5. The summed E-state index contributed by atoms with van der Waals surface area (Å²) in [6.07, 6.45) is 0. The highest BCUT2D eigenvalue weighted by molar-refractivity contribution is 6.29. The molecule has 2 aromatic rings. The Morgan fingerprint density at radius 2 is 1.63 bits per heavy atom. The van der Waals surface area contributed by atoms with Crippen LogP contribution in [0.5, 0.6) is 17.2 Å². The molecule has 0 atom stereocenters. The van der Waals surface area contributed by atoms with E-state index in [2.05, 4.69) is 4.98 Å². The monoisotopic (exact) mass is 279 g/mol. The van der Waals surface area contributed by atoms with Gasteiger partial charge in [0, 0.05) is 0 Å². The highest BCUT2D eigenvalue weighted by Crippen LogP contribution is 2.37. The lowest BCUT2D eigenvalue weighted by Crippen LogP contribution is -2.01. The van der Waals surface area contributed by atoms with Gasteiger partial charge in [0.25, 0.3) is 0 Å². The molecular formula is C14H14ClNO3. The van der Waals surface area contributed by atoms with E-state index in [1.165, 1.54) is 0 Å². The van der Waals surface area contributed by atoms with Crippen LogP contribution >= 0.6 is 11.6 Å². The van der Waals surface area contributed by atoms with E-state index in [1.807, 2.05) is 30.3 Å². The topological polar surface area (TPSA) is 40.6 Å². The number of benzene rings is 1. The minimum atomic E-state index is 0.289. The van der Waals surface area contributed by atoms with E-state index >= 15 is 0 Å². The van der Waals surface area contributed by atoms with Gasteiger partial charge in [0.05, 0.1) is 19.9 Å². The summed E-state index contributed by atoms with van der Waals surface area (Å²) in [5.74, 6) is 1.78. The summed E-state index contributed by atoms with van der Waals surface area (Å²) < 4.78 is 16.2. The molecule has 1 heterocycles. The zero-order chi connectivity index (χ0) is 13.7. The third-order valence-corrected chi connectivity index (χ3v) is 2.73. The van der Waals surface area contributed by atoms with Crippen LogP contribution in [0.15, 0.2) is 36.4 Å². The van der Waals surface area contributed by atoms with Gasteiger partial charge in [-0.2, -0.15) is 0 Å². The van der Waals surface area contributed by atoms with E-state index in [0.29, 0.717) is 22.4 Å². The molecule has 100 valence electrons. The van der Waals surface area contributed by atoms with Gasteiger partial charge in [0.15, 0.2) is 11.5 Å². The maximum absolute atomic E-state index is 5.83. The number of rotatable bonds is 5. The lowest BCUT2D eigenvalue weighted by molar-refractivity contribution is 0.263. The number of para-hydroxylation sites is 1. The van der Waals surface area contributed by atoms with Crippen molar-refractivity contribution in [2.24, 2.45) is 0 Å². The van der Waals surface area contributed by atoms with Gasteiger partial charge in [0.1, 0.15) is 11.8 Å². The van der Waals surface area contributed by atoms with Crippen molar-refractivity contribution < 1.29 is 14.2 Å². The fourth-order valence-electron chi connectivity index (χ4n) is 1.64. The Morgan fingerprint density at radius 3 is 2.21 bits per heavy atom. The zero-order valence-corrected chi connectivity index (χ0v) is 11.5. The fourth-order valence-corrected chi connectivity index (χ4v) is 1.82. The van der Waals surface area contributed by atoms with Gasteiger partial charge in [-0.15, -0.1) is 0 Å². The Hall–Kier alpha value is -1.94. The van der Waals surface area contributed by atoms with E-state index in [-0.39, 0.29) is 6.61 Å². The third kappa shape index (κ3) is 3.29. The first-order valence-corrected chi connectivity index (χ1v) is 6.07. The Labute approximate surface area is 116 Å². The third-order valence-electron chi connectivity index (χ3n) is 2.52. The molecule has 0 fully saturated rings. The highest BCUT2D eigenvalue weighted by Gasteiger charge is 2.11. The average Bonchev–Trinajstić information content (AvgIpc) is 2.44. The van der Waals surface area contributed by atoms with Gasteiger partial charge >= 0.3 is 0 Å². The van der Waals surface area contributed by atoms with Crippen LogP contribution in [0.25, 0.3) is 0 Å².